The van der Waals surface area contributed by atoms with Gasteiger partial charge in [0.1, 0.15) is 11.5 Å². The van der Waals surface area contributed by atoms with Crippen LogP contribution < -0.4 is 9.47 Å². The topological polar surface area (TPSA) is 65.0 Å². The number of aliphatic hydroxyl groups excluding tert-OH is 1. The van der Waals surface area contributed by atoms with Crippen molar-refractivity contribution < 1.29 is 24.1 Å². The maximum Gasteiger partial charge on any atom is 0.308 e. The van der Waals surface area contributed by atoms with E-state index in [1.165, 1.54) is 14.2 Å². The minimum atomic E-state index is -1.04. The van der Waals surface area contributed by atoms with Gasteiger partial charge in [-0.3, -0.25) is 4.79 Å². The summed E-state index contributed by atoms with van der Waals surface area (Å²) in [4.78, 5) is 11.4. The third kappa shape index (κ3) is 4.11. The summed E-state index contributed by atoms with van der Waals surface area (Å²) in [6.07, 6.45) is -1.20. The molecule has 0 aliphatic carbocycles. The molecule has 0 spiro atoms. The Labute approximate surface area is 120 Å². The Morgan fingerprint density at radius 2 is 1.84 bits per heavy atom. The predicted molar refractivity (Wildman–Crippen MR) is 73.5 cm³/mol. The number of hydrogen-bond acceptors (Lipinski definition) is 5. The highest BCUT2D eigenvalue weighted by molar-refractivity contribution is 9.10. The molecule has 1 aromatic rings. The van der Waals surface area contributed by atoms with Gasteiger partial charge < -0.3 is 19.3 Å². The lowest BCUT2D eigenvalue weighted by Gasteiger charge is -2.18. The first-order valence-corrected chi connectivity index (χ1v) is 6.57. The standard InChI is InChI=1S/C13H17BrO5/c1-4-19-12(16)7-9(15)13-10(17-2)5-8(14)6-11(13)18-3/h5-6,9,15H,4,7H2,1-3H3. The zero-order valence-corrected chi connectivity index (χ0v) is 12.7. The highest BCUT2D eigenvalue weighted by Crippen LogP contribution is 2.38. The Hall–Kier alpha value is -1.27. The normalized spacial score (nSPS) is 11.8. The van der Waals surface area contributed by atoms with Gasteiger partial charge in [-0.1, -0.05) is 15.9 Å². The van der Waals surface area contributed by atoms with E-state index in [4.69, 9.17) is 14.2 Å². The average molecular weight is 333 g/mol. The molecule has 0 aliphatic heterocycles. The third-order valence-electron chi connectivity index (χ3n) is 2.51. The Morgan fingerprint density at radius 1 is 1.32 bits per heavy atom. The van der Waals surface area contributed by atoms with E-state index < -0.39 is 12.1 Å². The molecule has 5 nitrogen and oxygen atoms in total. The maximum atomic E-state index is 11.4. The lowest BCUT2D eigenvalue weighted by molar-refractivity contribution is -0.145. The van der Waals surface area contributed by atoms with Crippen molar-refractivity contribution in [3.8, 4) is 11.5 Å². The van der Waals surface area contributed by atoms with Crippen LogP contribution in [0.2, 0.25) is 0 Å². The van der Waals surface area contributed by atoms with Crippen LogP contribution in [0.25, 0.3) is 0 Å². The third-order valence-corrected chi connectivity index (χ3v) is 2.97. The summed E-state index contributed by atoms with van der Waals surface area (Å²) in [5.74, 6) is 0.424. The van der Waals surface area contributed by atoms with Gasteiger partial charge in [0.15, 0.2) is 0 Å². The molecule has 0 aliphatic rings. The van der Waals surface area contributed by atoms with Crippen molar-refractivity contribution in [1.82, 2.24) is 0 Å². The Bertz CT molecular complexity index is 422. The van der Waals surface area contributed by atoms with Gasteiger partial charge in [-0.2, -0.15) is 0 Å². The van der Waals surface area contributed by atoms with Crippen molar-refractivity contribution in [2.24, 2.45) is 0 Å². The van der Waals surface area contributed by atoms with Gasteiger partial charge in [-0.25, -0.2) is 0 Å². The molecule has 0 bridgehead atoms. The van der Waals surface area contributed by atoms with Crippen LogP contribution in [0.1, 0.15) is 25.0 Å². The van der Waals surface area contributed by atoms with Crippen molar-refractivity contribution in [2.45, 2.75) is 19.4 Å². The van der Waals surface area contributed by atoms with Gasteiger partial charge in [-0.15, -0.1) is 0 Å². The molecule has 1 N–H and O–H groups in total. The number of hydrogen-bond donors (Lipinski definition) is 1. The van der Waals surface area contributed by atoms with E-state index >= 15 is 0 Å². The van der Waals surface area contributed by atoms with Gasteiger partial charge in [0, 0.05) is 4.47 Å². The molecule has 1 unspecified atom stereocenters. The average Bonchev–Trinajstić information content (AvgIpc) is 2.37. The van der Waals surface area contributed by atoms with E-state index in [0.717, 1.165) is 4.47 Å². The largest absolute Gasteiger partial charge is 0.496 e. The molecule has 106 valence electrons. The molecule has 1 rings (SSSR count). The maximum absolute atomic E-state index is 11.4. The van der Waals surface area contributed by atoms with Crippen LogP contribution in [-0.2, 0) is 9.53 Å². The molecule has 0 aromatic heterocycles. The van der Waals surface area contributed by atoms with E-state index in [9.17, 15) is 9.90 Å². The van der Waals surface area contributed by atoms with Crippen LogP contribution in [0.4, 0.5) is 0 Å². The van der Waals surface area contributed by atoms with E-state index in [0.29, 0.717) is 17.1 Å². The summed E-state index contributed by atoms with van der Waals surface area (Å²) < 4.78 is 16.0. The van der Waals surface area contributed by atoms with Gasteiger partial charge in [0.05, 0.1) is 38.9 Å². The van der Waals surface area contributed by atoms with Crippen molar-refractivity contribution >= 4 is 21.9 Å². The highest BCUT2D eigenvalue weighted by atomic mass is 79.9. The van der Waals surface area contributed by atoms with E-state index in [1.54, 1.807) is 19.1 Å². The fraction of sp³-hybridized carbons (Fsp3) is 0.462. The monoisotopic (exact) mass is 332 g/mol. The fourth-order valence-corrected chi connectivity index (χ4v) is 2.13. The van der Waals surface area contributed by atoms with E-state index in [-0.39, 0.29) is 13.0 Å². The van der Waals surface area contributed by atoms with Crippen molar-refractivity contribution in [3.05, 3.63) is 22.2 Å². The zero-order chi connectivity index (χ0) is 14.4. The number of carbonyl (C=O) groups excluding carboxylic acids is 1. The first-order valence-electron chi connectivity index (χ1n) is 5.78. The highest BCUT2D eigenvalue weighted by Gasteiger charge is 2.22. The van der Waals surface area contributed by atoms with Gasteiger partial charge in [0.2, 0.25) is 0 Å². The second-order valence-corrected chi connectivity index (χ2v) is 4.66. The molecule has 1 atom stereocenters. The molecule has 0 heterocycles. The quantitative estimate of drug-likeness (QED) is 0.810. The molecule has 0 fully saturated rings. The van der Waals surface area contributed by atoms with Gasteiger partial charge in [0.25, 0.3) is 0 Å². The Morgan fingerprint density at radius 3 is 2.26 bits per heavy atom. The number of rotatable bonds is 6. The second kappa shape index (κ2) is 7.35. The lowest BCUT2D eigenvalue weighted by atomic mass is 10.0. The van der Waals surface area contributed by atoms with Crippen LogP contribution >= 0.6 is 15.9 Å². The Balaban J connectivity index is 3.06. The summed E-state index contributed by atoms with van der Waals surface area (Å²) in [5, 5.41) is 10.2. The molecule has 1 aromatic carbocycles. The summed E-state index contributed by atoms with van der Waals surface area (Å²) >= 11 is 3.32. The molecule has 0 amide bonds. The first-order chi connectivity index (χ1) is 9.03. The van der Waals surface area contributed by atoms with Gasteiger partial charge in [-0.05, 0) is 19.1 Å². The number of ether oxygens (including phenoxy) is 3. The van der Waals surface area contributed by atoms with Crippen LogP contribution in [0.15, 0.2) is 16.6 Å². The number of carbonyl (C=O) groups is 1. The van der Waals surface area contributed by atoms with Crippen LogP contribution in [-0.4, -0.2) is 31.9 Å². The number of halogens is 1. The second-order valence-electron chi connectivity index (χ2n) is 3.75. The smallest absolute Gasteiger partial charge is 0.308 e. The summed E-state index contributed by atoms with van der Waals surface area (Å²) in [6.45, 7) is 1.99. The van der Waals surface area contributed by atoms with Crippen LogP contribution in [0.3, 0.4) is 0 Å². The molecule has 0 saturated carbocycles. The van der Waals surface area contributed by atoms with Crippen molar-refractivity contribution in [1.29, 1.82) is 0 Å². The van der Waals surface area contributed by atoms with Crippen molar-refractivity contribution in [2.75, 3.05) is 20.8 Å². The predicted octanol–water partition coefficient (Wildman–Crippen LogP) is 2.45. The lowest BCUT2D eigenvalue weighted by Crippen LogP contribution is -2.12. The minimum absolute atomic E-state index is 0.151. The number of benzene rings is 1. The summed E-state index contributed by atoms with van der Waals surface area (Å²) in [5.41, 5.74) is 0.432. The number of methoxy groups -OCH3 is 2. The Kier molecular flexibility index (Phi) is 6.11. The summed E-state index contributed by atoms with van der Waals surface area (Å²) in [6, 6.07) is 3.40. The zero-order valence-electron chi connectivity index (χ0n) is 11.1. The van der Waals surface area contributed by atoms with Crippen LogP contribution in [0, 0.1) is 0 Å². The minimum Gasteiger partial charge on any atom is -0.496 e. The molecular weight excluding hydrogens is 316 g/mol. The number of aliphatic hydroxyl groups is 1. The molecule has 0 saturated heterocycles. The SMILES string of the molecule is CCOC(=O)CC(O)c1c(OC)cc(Br)cc1OC. The first kappa shape index (κ1) is 15.8. The molecular formula is C13H17BrO5. The molecule has 6 heteroatoms. The fourth-order valence-electron chi connectivity index (χ4n) is 1.72. The molecule has 19 heavy (non-hydrogen) atoms. The molecule has 0 radical (unpaired) electrons. The van der Waals surface area contributed by atoms with E-state index in [2.05, 4.69) is 15.9 Å². The number of esters is 1. The van der Waals surface area contributed by atoms with E-state index in [1.807, 2.05) is 0 Å². The van der Waals surface area contributed by atoms with Crippen molar-refractivity contribution in [3.63, 3.8) is 0 Å². The summed E-state index contributed by atoms with van der Waals surface area (Å²) in [7, 11) is 2.98. The van der Waals surface area contributed by atoms with Crippen LogP contribution in [0.5, 0.6) is 11.5 Å². The van der Waals surface area contributed by atoms with Gasteiger partial charge >= 0.3 is 5.97 Å².